The first kappa shape index (κ1) is 20.3. The van der Waals surface area contributed by atoms with E-state index in [0.717, 1.165) is 17.0 Å². The van der Waals surface area contributed by atoms with Crippen molar-refractivity contribution in [2.24, 2.45) is 0 Å². The van der Waals surface area contributed by atoms with Crippen molar-refractivity contribution < 1.29 is 0 Å². The minimum absolute atomic E-state index is 1.05. The van der Waals surface area contributed by atoms with E-state index in [1.165, 1.54) is 62.7 Å². The molecule has 3 heteroatoms. The standard InChI is InChI=1S/C24H38BPS/c1-5-13-21(14-6-1)26(22-15-7-2-8-16-22,23-17-9-3-10-18-23)25-27-24-19-11-4-12-20-24/h4,11-12,19-23H,1-3,5-10,13-18H2. The summed E-state index contributed by atoms with van der Waals surface area (Å²) >= 11 is 2.13. The zero-order chi connectivity index (χ0) is 18.4. The fourth-order valence-corrected chi connectivity index (χ4v) is 15.6. The summed E-state index contributed by atoms with van der Waals surface area (Å²) in [6.07, 6.45) is 25.8. The Kier molecular flexibility index (Phi) is 7.69. The fraction of sp³-hybridized carbons (Fsp3) is 0.750. The van der Waals surface area contributed by atoms with Crippen molar-refractivity contribution >= 4 is 25.0 Å². The van der Waals surface area contributed by atoms with E-state index >= 15 is 0 Å². The minimum Gasteiger partial charge on any atom is -0.363 e. The van der Waals surface area contributed by atoms with Crippen LogP contribution in [0.3, 0.4) is 0 Å². The molecule has 4 rings (SSSR count). The normalized spacial score (nSPS) is 24.1. The van der Waals surface area contributed by atoms with Crippen molar-refractivity contribution in [1.29, 1.82) is 0 Å². The van der Waals surface area contributed by atoms with Gasteiger partial charge in [-0.3, -0.25) is 0 Å². The molecule has 27 heavy (non-hydrogen) atoms. The van der Waals surface area contributed by atoms with Gasteiger partial charge < -0.3 is 11.6 Å². The average Bonchev–Trinajstić information content (AvgIpc) is 2.77. The summed E-state index contributed by atoms with van der Waals surface area (Å²) in [7, 11) is -1.05. The molecule has 0 spiro atoms. The Morgan fingerprint density at radius 1 is 0.593 bits per heavy atom. The predicted molar refractivity (Wildman–Crippen MR) is 126 cm³/mol. The Morgan fingerprint density at radius 2 is 1.00 bits per heavy atom. The molecule has 0 bridgehead atoms. The number of hydrogen-bond donors (Lipinski definition) is 0. The molecule has 0 unspecified atom stereocenters. The monoisotopic (exact) mass is 400 g/mol. The molecule has 3 aliphatic carbocycles. The largest absolute Gasteiger partial charge is 0.363 e. The van der Waals surface area contributed by atoms with Crippen LogP contribution in [0.4, 0.5) is 0 Å². The lowest BCUT2D eigenvalue weighted by molar-refractivity contribution is 0.457. The molecule has 0 atom stereocenters. The zero-order valence-corrected chi connectivity index (χ0v) is 18.9. The van der Waals surface area contributed by atoms with Crippen molar-refractivity contribution in [3.05, 3.63) is 30.3 Å². The van der Waals surface area contributed by atoms with Gasteiger partial charge in [0.15, 0.2) is 0 Å². The van der Waals surface area contributed by atoms with Crippen LogP contribution in [-0.2, 0) is 0 Å². The van der Waals surface area contributed by atoms with Gasteiger partial charge in [0.1, 0.15) is 0 Å². The molecule has 0 N–H and O–H groups in total. The SMILES string of the molecule is [B-](Sc1ccccc1)[P+](C1CCCCC1)(C1CCCCC1)C1CCCCC1. The van der Waals surface area contributed by atoms with Gasteiger partial charge in [-0.25, -0.2) is 0 Å². The second-order valence-corrected chi connectivity index (χ2v) is 14.8. The van der Waals surface area contributed by atoms with Crippen molar-refractivity contribution in [3.63, 3.8) is 0 Å². The van der Waals surface area contributed by atoms with E-state index in [-0.39, 0.29) is 0 Å². The molecule has 1 aromatic carbocycles. The summed E-state index contributed by atoms with van der Waals surface area (Å²) in [6.45, 7) is 0. The van der Waals surface area contributed by atoms with Gasteiger partial charge in [-0.15, -0.1) is 0 Å². The maximum atomic E-state index is 2.95. The summed E-state index contributed by atoms with van der Waals surface area (Å²) in [6, 6.07) is 11.3. The highest BCUT2D eigenvalue weighted by Gasteiger charge is 2.48. The lowest BCUT2D eigenvalue weighted by Gasteiger charge is -2.57. The van der Waals surface area contributed by atoms with Crippen LogP contribution in [0.2, 0.25) is 0 Å². The Morgan fingerprint density at radius 3 is 1.41 bits per heavy atom. The van der Waals surface area contributed by atoms with Crippen LogP contribution in [0.15, 0.2) is 35.2 Å². The Labute approximate surface area is 173 Å². The highest BCUT2D eigenvalue weighted by atomic mass is 32.2. The van der Waals surface area contributed by atoms with Crippen LogP contribution in [-0.4, -0.2) is 23.3 Å². The second-order valence-electron chi connectivity index (χ2n) is 9.31. The first-order valence-electron chi connectivity index (χ1n) is 11.8. The highest BCUT2D eigenvalue weighted by Crippen LogP contribution is 2.77. The third kappa shape index (κ3) is 4.80. The van der Waals surface area contributed by atoms with Crippen molar-refractivity contribution in [1.82, 2.24) is 0 Å². The fourth-order valence-electron chi connectivity index (χ4n) is 6.39. The molecule has 3 saturated carbocycles. The van der Waals surface area contributed by atoms with Gasteiger partial charge in [0.25, 0.3) is 0 Å². The molecule has 0 amide bonds. The molecule has 0 aliphatic heterocycles. The van der Waals surface area contributed by atoms with Crippen LogP contribution in [0, 0.1) is 0 Å². The van der Waals surface area contributed by atoms with Crippen LogP contribution in [0.1, 0.15) is 96.3 Å². The van der Waals surface area contributed by atoms with E-state index in [9.17, 15) is 0 Å². The molecule has 0 heterocycles. The van der Waals surface area contributed by atoms with E-state index in [1.807, 2.05) is 0 Å². The molecule has 2 radical (unpaired) electrons. The van der Waals surface area contributed by atoms with Gasteiger partial charge in [0.2, 0.25) is 0 Å². The zero-order valence-electron chi connectivity index (χ0n) is 17.2. The van der Waals surface area contributed by atoms with Crippen molar-refractivity contribution in [2.75, 3.05) is 0 Å². The summed E-state index contributed by atoms with van der Waals surface area (Å²) in [5, 5.41) is 0. The minimum atomic E-state index is -1.05. The molecule has 0 aromatic heterocycles. The summed E-state index contributed by atoms with van der Waals surface area (Å²) in [5.41, 5.74) is 3.19. The second kappa shape index (κ2) is 10.2. The van der Waals surface area contributed by atoms with Crippen LogP contribution < -0.4 is 0 Å². The quantitative estimate of drug-likeness (QED) is 0.342. The van der Waals surface area contributed by atoms with Crippen molar-refractivity contribution in [3.8, 4) is 0 Å². The summed E-state index contributed by atoms with van der Waals surface area (Å²) < 4.78 is 0. The van der Waals surface area contributed by atoms with Crippen molar-refractivity contribution in [2.45, 2.75) is 118 Å². The lowest BCUT2D eigenvalue weighted by atomic mass is 9.98. The van der Waals surface area contributed by atoms with E-state index in [0.29, 0.717) is 0 Å². The van der Waals surface area contributed by atoms with Gasteiger partial charge in [-0.1, -0.05) is 49.6 Å². The molecular formula is C24H38BPS. The third-order valence-corrected chi connectivity index (χ3v) is 15.5. The van der Waals surface area contributed by atoms with Crippen LogP contribution in [0.25, 0.3) is 0 Å². The highest BCUT2D eigenvalue weighted by molar-refractivity contribution is 8.41. The molecular weight excluding hydrogens is 362 g/mol. The Hall–Kier alpha value is 0.0649. The third-order valence-electron chi connectivity index (χ3n) is 7.74. The van der Waals surface area contributed by atoms with Gasteiger partial charge in [0.05, 0.1) is 0 Å². The molecule has 3 fully saturated rings. The van der Waals surface area contributed by atoms with Gasteiger partial charge in [0, 0.05) is 23.3 Å². The Balaban J connectivity index is 1.64. The van der Waals surface area contributed by atoms with Crippen LogP contribution in [0.5, 0.6) is 0 Å². The van der Waals surface area contributed by atoms with E-state index in [2.05, 4.69) is 48.2 Å². The lowest BCUT2D eigenvalue weighted by Crippen LogP contribution is -2.38. The first-order valence-corrected chi connectivity index (χ1v) is 14.8. The maximum Gasteiger partial charge on any atom is 0.0265 e. The van der Waals surface area contributed by atoms with E-state index in [1.54, 1.807) is 38.5 Å². The number of benzene rings is 1. The maximum absolute atomic E-state index is 2.95. The molecule has 3 aliphatic rings. The van der Waals surface area contributed by atoms with Gasteiger partial charge in [-0.2, -0.15) is 7.14 Å². The smallest absolute Gasteiger partial charge is 0.0265 e. The predicted octanol–water partition coefficient (Wildman–Crippen LogP) is 8.33. The number of rotatable bonds is 6. The van der Waals surface area contributed by atoms with E-state index < -0.39 is 7.14 Å². The summed E-state index contributed by atoms with van der Waals surface area (Å²) in [4.78, 5) is 1.48. The number of hydrogen-bond acceptors (Lipinski definition) is 1. The molecule has 148 valence electrons. The van der Waals surface area contributed by atoms with E-state index in [4.69, 9.17) is 0 Å². The van der Waals surface area contributed by atoms with Crippen LogP contribution >= 0.6 is 18.8 Å². The molecule has 1 aromatic rings. The topological polar surface area (TPSA) is 0 Å². The first-order chi connectivity index (χ1) is 13.4. The molecule has 0 saturated heterocycles. The Bertz CT molecular complexity index is 499. The molecule has 0 nitrogen and oxygen atoms in total. The van der Waals surface area contributed by atoms with Gasteiger partial charge in [-0.05, 0) is 81.9 Å². The van der Waals surface area contributed by atoms with Gasteiger partial charge >= 0.3 is 0 Å². The average molecular weight is 400 g/mol. The summed E-state index contributed by atoms with van der Waals surface area (Å²) in [5.74, 6) is 0.